The van der Waals surface area contributed by atoms with E-state index in [2.05, 4.69) is 0 Å². The van der Waals surface area contributed by atoms with Gasteiger partial charge in [0.25, 0.3) is 5.69 Å². The lowest BCUT2D eigenvalue weighted by Gasteiger charge is -2.17. The van der Waals surface area contributed by atoms with E-state index < -0.39 is 11.0 Å². The Morgan fingerprint density at radius 3 is 2.55 bits per heavy atom. The molecule has 0 amide bonds. The predicted molar refractivity (Wildman–Crippen MR) is 77.1 cm³/mol. The molecule has 2 N–H and O–H groups in total. The Bertz CT molecular complexity index is 646. The van der Waals surface area contributed by atoms with Crippen LogP contribution in [0.3, 0.4) is 0 Å². The molecular weight excluding hydrogens is 280 g/mol. The molecule has 2 aromatic carbocycles. The molecule has 104 valence electrons. The van der Waals surface area contributed by atoms with Gasteiger partial charge in [-0.2, -0.15) is 0 Å². The molecule has 0 bridgehead atoms. The van der Waals surface area contributed by atoms with Crippen LogP contribution in [0.5, 0.6) is 5.75 Å². The molecule has 1 atom stereocenters. The van der Waals surface area contributed by atoms with E-state index in [0.29, 0.717) is 21.9 Å². The van der Waals surface area contributed by atoms with Crippen LogP contribution in [0.4, 0.5) is 5.69 Å². The van der Waals surface area contributed by atoms with Crippen molar-refractivity contribution in [3.8, 4) is 5.75 Å². The standard InChI is InChI=1S/C14H13ClN2O3/c1-20-13-7-6-9(17(18)19)8-11(13)14(16)10-4-2-3-5-12(10)15/h2-8,14H,16H2,1H3. The molecule has 1 unspecified atom stereocenters. The third kappa shape index (κ3) is 2.74. The summed E-state index contributed by atoms with van der Waals surface area (Å²) in [6.07, 6.45) is 0. The van der Waals surface area contributed by atoms with Crippen molar-refractivity contribution >= 4 is 17.3 Å². The van der Waals surface area contributed by atoms with E-state index in [4.69, 9.17) is 22.1 Å². The fourth-order valence-corrected chi connectivity index (χ4v) is 2.23. The zero-order valence-electron chi connectivity index (χ0n) is 10.7. The normalized spacial score (nSPS) is 11.9. The van der Waals surface area contributed by atoms with Crippen LogP contribution < -0.4 is 10.5 Å². The number of benzene rings is 2. The van der Waals surface area contributed by atoms with Crippen LogP contribution in [-0.2, 0) is 0 Å². The number of hydrogen-bond acceptors (Lipinski definition) is 4. The maximum atomic E-state index is 10.9. The second kappa shape index (κ2) is 5.90. The number of nitrogens with zero attached hydrogens (tertiary/aromatic N) is 1. The van der Waals surface area contributed by atoms with E-state index in [9.17, 15) is 10.1 Å². The summed E-state index contributed by atoms with van der Waals surface area (Å²) >= 11 is 6.11. The summed E-state index contributed by atoms with van der Waals surface area (Å²) in [5.41, 5.74) is 7.35. The van der Waals surface area contributed by atoms with Gasteiger partial charge in [0, 0.05) is 22.7 Å². The summed E-state index contributed by atoms with van der Waals surface area (Å²) in [6.45, 7) is 0. The average molecular weight is 293 g/mol. The Labute approximate surface area is 121 Å². The minimum absolute atomic E-state index is 0.0386. The van der Waals surface area contributed by atoms with Gasteiger partial charge >= 0.3 is 0 Å². The SMILES string of the molecule is COc1ccc([N+](=O)[O-])cc1C(N)c1ccccc1Cl. The molecule has 0 spiro atoms. The van der Waals surface area contributed by atoms with Crippen molar-refractivity contribution in [2.75, 3.05) is 7.11 Å². The molecule has 0 heterocycles. The Kier molecular flexibility index (Phi) is 4.22. The molecule has 2 aromatic rings. The molecule has 2 rings (SSSR count). The van der Waals surface area contributed by atoms with Crippen LogP contribution in [0, 0.1) is 10.1 Å². The van der Waals surface area contributed by atoms with Gasteiger partial charge in [0.1, 0.15) is 5.75 Å². The van der Waals surface area contributed by atoms with Crippen LogP contribution in [0.2, 0.25) is 5.02 Å². The number of ether oxygens (including phenoxy) is 1. The maximum absolute atomic E-state index is 10.9. The topological polar surface area (TPSA) is 78.4 Å². The van der Waals surface area contributed by atoms with Crippen molar-refractivity contribution < 1.29 is 9.66 Å². The lowest BCUT2D eigenvalue weighted by Crippen LogP contribution is -2.14. The first-order valence-corrected chi connectivity index (χ1v) is 6.24. The monoisotopic (exact) mass is 292 g/mol. The van der Waals surface area contributed by atoms with E-state index in [1.807, 2.05) is 6.07 Å². The first-order chi connectivity index (χ1) is 9.54. The van der Waals surface area contributed by atoms with Gasteiger partial charge in [0.2, 0.25) is 0 Å². The molecular formula is C14H13ClN2O3. The average Bonchev–Trinajstić information content (AvgIpc) is 2.46. The van der Waals surface area contributed by atoms with Crippen molar-refractivity contribution in [3.05, 3.63) is 68.7 Å². The second-order valence-electron chi connectivity index (χ2n) is 4.18. The maximum Gasteiger partial charge on any atom is 0.270 e. The lowest BCUT2D eigenvalue weighted by atomic mass is 9.98. The summed E-state index contributed by atoms with van der Waals surface area (Å²) < 4.78 is 5.22. The number of non-ortho nitro benzene ring substituents is 1. The minimum atomic E-state index is -0.599. The number of methoxy groups -OCH3 is 1. The number of rotatable bonds is 4. The number of nitro benzene ring substituents is 1. The number of nitro groups is 1. The molecule has 0 aliphatic carbocycles. The molecule has 0 radical (unpaired) electrons. The molecule has 0 saturated heterocycles. The minimum Gasteiger partial charge on any atom is -0.496 e. The van der Waals surface area contributed by atoms with E-state index in [-0.39, 0.29) is 5.69 Å². The van der Waals surface area contributed by atoms with Gasteiger partial charge < -0.3 is 10.5 Å². The Morgan fingerprint density at radius 1 is 1.25 bits per heavy atom. The van der Waals surface area contributed by atoms with Crippen LogP contribution in [0.1, 0.15) is 17.2 Å². The predicted octanol–water partition coefficient (Wildman–Crippen LogP) is 3.30. The molecule has 5 nitrogen and oxygen atoms in total. The van der Waals surface area contributed by atoms with E-state index in [0.717, 1.165) is 0 Å². The molecule has 0 saturated carbocycles. The van der Waals surface area contributed by atoms with E-state index in [1.54, 1.807) is 18.2 Å². The Hall–Kier alpha value is -2.11. The largest absolute Gasteiger partial charge is 0.496 e. The van der Waals surface area contributed by atoms with Gasteiger partial charge in [-0.1, -0.05) is 29.8 Å². The Balaban J connectivity index is 2.52. The summed E-state index contributed by atoms with van der Waals surface area (Å²) in [5.74, 6) is 0.489. The number of nitrogens with two attached hydrogens (primary N) is 1. The summed E-state index contributed by atoms with van der Waals surface area (Å²) in [5, 5.41) is 11.4. The van der Waals surface area contributed by atoms with Crippen molar-refractivity contribution in [2.24, 2.45) is 5.73 Å². The highest BCUT2D eigenvalue weighted by Gasteiger charge is 2.19. The van der Waals surface area contributed by atoms with Crippen molar-refractivity contribution in [3.63, 3.8) is 0 Å². The third-order valence-electron chi connectivity index (χ3n) is 3.00. The van der Waals surface area contributed by atoms with Gasteiger partial charge in [0.05, 0.1) is 18.1 Å². The first-order valence-electron chi connectivity index (χ1n) is 5.87. The smallest absolute Gasteiger partial charge is 0.270 e. The molecule has 0 aromatic heterocycles. The quantitative estimate of drug-likeness (QED) is 0.692. The van der Waals surface area contributed by atoms with Gasteiger partial charge in [0.15, 0.2) is 0 Å². The molecule has 6 heteroatoms. The summed E-state index contributed by atoms with van der Waals surface area (Å²) in [4.78, 5) is 10.4. The van der Waals surface area contributed by atoms with Crippen molar-refractivity contribution in [1.82, 2.24) is 0 Å². The van der Waals surface area contributed by atoms with Crippen LogP contribution >= 0.6 is 11.6 Å². The van der Waals surface area contributed by atoms with Crippen LogP contribution in [0.25, 0.3) is 0 Å². The van der Waals surface area contributed by atoms with Crippen molar-refractivity contribution in [2.45, 2.75) is 6.04 Å². The highest BCUT2D eigenvalue weighted by Crippen LogP contribution is 2.34. The fraction of sp³-hybridized carbons (Fsp3) is 0.143. The van der Waals surface area contributed by atoms with Gasteiger partial charge in [-0.3, -0.25) is 10.1 Å². The molecule has 0 aliphatic heterocycles. The van der Waals surface area contributed by atoms with Gasteiger partial charge in [-0.05, 0) is 17.7 Å². The molecule has 0 aliphatic rings. The number of halogens is 1. The zero-order chi connectivity index (χ0) is 14.7. The molecule has 20 heavy (non-hydrogen) atoms. The number of hydrogen-bond donors (Lipinski definition) is 1. The summed E-state index contributed by atoms with van der Waals surface area (Å²) in [7, 11) is 1.49. The van der Waals surface area contributed by atoms with E-state index >= 15 is 0 Å². The van der Waals surface area contributed by atoms with Gasteiger partial charge in [-0.25, -0.2) is 0 Å². The first kappa shape index (κ1) is 14.3. The zero-order valence-corrected chi connectivity index (χ0v) is 11.5. The highest BCUT2D eigenvalue weighted by molar-refractivity contribution is 6.31. The van der Waals surface area contributed by atoms with E-state index in [1.165, 1.54) is 25.3 Å². The van der Waals surface area contributed by atoms with Crippen LogP contribution in [0.15, 0.2) is 42.5 Å². The fourth-order valence-electron chi connectivity index (χ4n) is 1.97. The van der Waals surface area contributed by atoms with Crippen molar-refractivity contribution in [1.29, 1.82) is 0 Å². The summed E-state index contributed by atoms with van der Waals surface area (Å²) in [6, 6.07) is 10.8. The second-order valence-corrected chi connectivity index (χ2v) is 4.59. The highest BCUT2D eigenvalue weighted by atomic mass is 35.5. The molecule has 0 fully saturated rings. The Morgan fingerprint density at radius 2 is 1.95 bits per heavy atom. The third-order valence-corrected chi connectivity index (χ3v) is 3.34. The van der Waals surface area contributed by atoms with Crippen LogP contribution in [-0.4, -0.2) is 12.0 Å². The van der Waals surface area contributed by atoms with Gasteiger partial charge in [-0.15, -0.1) is 0 Å². The lowest BCUT2D eigenvalue weighted by molar-refractivity contribution is -0.384.